The lowest BCUT2D eigenvalue weighted by molar-refractivity contribution is -0.985. The third-order valence-corrected chi connectivity index (χ3v) is 7.49. The van der Waals surface area contributed by atoms with E-state index in [2.05, 4.69) is 48.5 Å². The van der Waals surface area contributed by atoms with Gasteiger partial charge in [0.05, 0.1) is 19.2 Å². The number of carbonyl (C=O) groups is 1. The third kappa shape index (κ3) is 3.41. The van der Waals surface area contributed by atoms with Crippen LogP contribution in [0.1, 0.15) is 40.8 Å². The zero-order valence-electron chi connectivity index (χ0n) is 19.5. The maximum atomic E-state index is 12.0. The monoisotopic (exact) mass is 458 g/mol. The number of hydrogen-bond donors (Lipinski definition) is 0. The second-order valence-electron chi connectivity index (χ2n) is 9.45. The minimum absolute atomic E-state index is 0.268. The minimum atomic E-state index is -0.333. The molecule has 0 aliphatic carbocycles. The number of benzene rings is 3. The predicted octanol–water partition coefficient (Wildman–Crippen LogP) is 4.72. The molecule has 6 nitrogen and oxygen atoms in total. The van der Waals surface area contributed by atoms with Gasteiger partial charge in [-0.05, 0) is 29.3 Å². The first-order chi connectivity index (χ1) is 16.6. The number of fused-ring (bicyclic) bond motifs is 5. The van der Waals surface area contributed by atoms with Gasteiger partial charge in [0.25, 0.3) is 0 Å². The van der Waals surface area contributed by atoms with Crippen molar-refractivity contribution in [1.82, 2.24) is 0 Å². The Morgan fingerprint density at radius 2 is 1.85 bits per heavy atom. The Morgan fingerprint density at radius 1 is 1.06 bits per heavy atom. The largest absolute Gasteiger partial charge is 0.493 e. The normalized spacial score (nSPS) is 21.8. The van der Waals surface area contributed by atoms with E-state index in [9.17, 15) is 4.79 Å². The molecule has 0 amide bonds. The highest BCUT2D eigenvalue weighted by atomic mass is 16.7. The lowest BCUT2D eigenvalue weighted by Gasteiger charge is -2.51. The molecule has 0 N–H and O–H groups in total. The highest BCUT2D eigenvalue weighted by Crippen LogP contribution is 2.51. The molecule has 2 unspecified atom stereocenters. The fourth-order valence-corrected chi connectivity index (χ4v) is 5.96. The second kappa shape index (κ2) is 8.06. The summed E-state index contributed by atoms with van der Waals surface area (Å²) in [5, 5.41) is 0. The van der Waals surface area contributed by atoms with Crippen molar-refractivity contribution >= 4 is 5.97 Å². The van der Waals surface area contributed by atoms with Crippen LogP contribution in [0.5, 0.6) is 23.0 Å². The first-order valence-corrected chi connectivity index (χ1v) is 11.8. The molecular formula is C28H28NO5+. The number of rotatable bonds is 4. The van der Waals surface area contributed by atoms with Crippen LogP contribution < -0.4 is 18.9 Å². The van der Waals surface area contributed by atoms with Crippen LogP contribution >= 0.6 is 0 Å². The molecule has 0 radical (unpaired) electrons. The maximum absolute atomic E-state index is 12.0. The molecule has 3 aromatic rings. The van der Waals surface area contributed by atoms with Crippen molar-refractivity contribution in [2.75, 3.05) is 20.4 Å². The van der Waals surface area contributed by atoms with Crippen LogP contribution in [0.2, 0.25) is 0 Å². The average molecular weight is 459 g/mol. The van der Waals surface area contributed by atoms with Crippen molar-refractivity contribution in [3.05, 3.63) is 82.4 Å². The van der Waals surface area contributed by atoms with E-state index >= 15 is 0 Å². The molecule has 0 aromatic heterocycles. The fraction of sp³-hybridized carbons (Fsp3) is 0.321. The summed E-state index contributed by atoms with van der Waals surface area (Å²) in [5.41, 5.74) is 6.26. The van der Waals surface area contributed by atoms with Crippen LogP contribution in [0.4, 0.5) is 0 Å². The fourth-order valence-electron chi connectivity index (χ4n) is 5.96. The lowest BCUT2D eigenvalue weighted by Crippen LogP contribution is -2.55. The number of esters is 1. The van der Waals surface area contributed by atoms with Gasteiger partial charge in [0, 0.05) is 30.9 Å². The molecule has 0 fully saturated rings. The molecule has 0 saturated carbocycles. The molecule has 0 spiro atoms. The molecular weight excluding hydrogens is 430 g/mol. The van der Waals surface area contributed by atoms with Crippen molar-refractivity contribution in [1.29, 1.82) is 0 Å². The summed E-state index contributed by atoms with van der Waals surface area (Å²) < 4.78 is 23.6. The molecule has 3 aliphatic rings. The van der Waals surface area contributed by atoms with E-state index in [0.717, 1.165) is 54.0 Å². The number of ether oxygens (including phenoxy) is 4. The Kier molecular flexibility index (Phi) is 4.99. The SMILES string of the molecule is COc1ccc2c(c1OC(C)=O)C[N+]1(Cc3ccccc3)CCc3cc4c(cc3C1C2)OCO4. The quantitative estimate of drug-likeness (QED) is 0.322. The second-order valence-corrected chi connectivity index (χ2v) is 9.45. The summed E-state index contributed by atoms with van der Waals surface area (Å²) in [7, 11) is 1.62. The Balaban J connectivity index is 1.51. The topological polar surface area (TPSA) is 54.0 Å². The van der Waals surface area contributed by atoms with Gasteiger partial charge in [-0.25, -0.2) is 0 Å². The smallest absolute Gasteiger partial charge is 0.308 e. The van der Waals surface area contributed by atoms with Crippen LogP contribution in [0, 0.1) is 0 Å². The van der Waals surface area contributed by atoms with Crippen molar-refractivity contribution < 1.29 is 28.2 Å². The van der Waals surface area contributed by atoms with Gasteiger partial charge in [-0.15, -0.1) is 0 Å². The van der Waals surface area contributed by atoms with Gasteiger partial charge in [-0.1, -0.05) is 36.4 Å². The van der Waals surface area contributed by atoms with Gasteiger partial charge >= 0.3 is 5.97 Å². The Morgan fingerprint density at radius 3 is 2.62 bits per heavy atom. The molecule has 2 atom stereocenters. The molecule has 6 heteroatoms. The van der Waals surface area contributed by atoms with Gasteiger partial charge in [0.1, 0.15) is 19.1 Å². The summed E-state index contributed by atoms with van der Waals surface area (Å²) in [6, 6.07) is 19.3. The minimum Gasteiger partial charge on any atom is -0.493 e. The Labute approximate surface area is 199 Å². The molecule has 3 aromatic carbocycles. The van der Waals surface area contributed by atoms with Crippen LogP contribution in [-0.2, 0) is 30.7 Å². The van der Waals surface area contributed by atoms with Gasteiger partial charge in [-0.3, -0.25) is 4.79 Å². The Hall–Kier alpha value is -3.51. The maximum Gasteiger partial charge on any atom is 0.308 e. The molecule has 34 heavy (non-hydrogen) atoms. The van der Waals surface area contributed by atoms with Gasteiger partial charge in [0.2, 0.25) is 6.79 Å². The van der Waals surface area contributed by atoms with Gasteiger partial charge in [-0.2, -0.15) is 0 Å². The van der Waals surface area contributed by atoms with Crippen molar-refractivity contribution in [3.63, 3.8) is 0 Å². The summed E-state index contributed by atoms with van der Waals surface area (Å²) >= 11 is 0. The number of hydrogen-bond acceptors (Lipinski definition) is 5. The molecule has 0 saturated heterocycles. The first kappa shape index (κ1) is 21.1. The summed E-state index contributed by atoms with van der Waals surface area (Å²) in [5.74, 6) is 2.51. The lowest BCUT2D eigenvalue weighted by atomic mass is 9.80. The first-order valence-electron chi connectivity index (χ1n) is 11.8. The summed E-state index contributed by atoms with van der Waals surface area (Å²) in [4.78, 5) is 12.0. The van der Waals surface area contributed by atoms with E-state index in [1.807, 2.05) is 6.07 Å². The van der Waals surface area contributed by atoms with Crippen LogP contribution in [-0.4, -0.2) is 30.9 Å². The molecule has 3 heterocycles. The van der Waals surface area contributed by atoms with Gasteiger partial charge < -0.3 is 23.4 Å². The zero-order valence-corrected chi connectivity index (χ0v) is 19.5. The molecule has 174 valence electrons. The van der Waals surface area contributed by atoms with E-state index in [-0.39, 0.29) is 18.8 Å². The number of methoxy groups -OCH3 is 1. The van der Waals surface area contributed by atoms with E-state index in [1.165, 1.54) is 29.2 Å². The van der Waals surface area contributed by atoms with Crippen LogP contribution in [0.25, 0.3) is 0 Å². The van der Waals surface area contributed by atoms with Crippen LogP contribution in [0.15, 0.2) is 54.6 Å². The van der Waals surface area contributed by atoms with Crippen molar-refractivity contribution in [2.24, 2.45) is 0 Å². The van der Waals surface area contributed by atoms with E-state index in [0.29, 0.717) is 11.5 Å². The van der Waals surface area contributed by atoms with E-state index < -0.39 is 0 Å². The van der Waals surface area contributed by atoms with Crippen molar-refractivity contribution in [2.45, 2.75) is 38.9 Å². The van der Waals surface area contributed by atoms with Gasteiger partial charge in [0.15, 0.2) is 23.0 Å². The molecule has 6 rings (SSSR count). The molecule has 3 aliphatic heterocycles. The standard InChI is InChI=1S/C28H28NO5/c1-18(30)34-28-23-16-29(15-19-6-4-3-5-7-19)11-10-21-13-26-27(33-17-32-26)14-22(21)24(29)12-20(23)8-9-25(28)31-2/h3-9,13-14,24H,10-12,15-17H2,1-2H3/q+1. The number of nitrogens with zero attached hydrogens (tertiary/aromatic N) is 1. The zero-order chi connectivity index (χ0) is 23.3. The van der Waals surface area contributed by atoms with Crippen LogP contribution in [0.3, 0.4) is 0 Å². The van der Waals surface area contributed by atoms with Crippen molar-refractivity contribution in [3.8, 4) is 23.0 Å². The summed E-state index contributed by atoms with van der Waals surface area (Å²) in [6.07, 6.45) is 1.81. The Bertz CT molecular complexity index is 1270. The van der Waals surface area contributed by atoms with E-state index in [4.69, 9.17) is 18.9 Å². The molecule has 0 bridgehead atoms. The average Bonchev–Trinajstić information content (AvgIpc) is 3.30. The number of carbonyl (C=O) groups excluding carboxylic acids is 1. The predicted molar refractivity (Wildman–Crippen MR) is 126 cm³/mol. The number of quaternary nitrogens is 1. The summed E-state index contributed by atoms with van der Waals surface area (Å²) in [6.45, 7) is 4.38. The third-order valence-electron chi connectivity index (χ3n) is 7.49. The highest BCUT2D eigenvalue weighted by molar-refractivity contribution is 5.71. The highest BCUT2D eigenvalue weighted by Gasteiger charge is 2.48. The van der Waals surface area contributed by atoms with E-state index in [1.54, 1.807) is 7.11 Å².